The molecule has 0 saturated heterocycles. The molecule has 0 heterocycles. The van der Waals surface area contributed by atoms with Crippen LogP contribution in [0.25, 0.3) is 0 Å². The molecule has 1 N–H and O–H groups in total. The summed E-state index contributed by atoms with van der Waals surface area (Å²) in [5.74, 6) is -0.329. The van der Waals surface area contributed by atoms with E-state index in [-0.39, 0.29) is 12.6 Å². The number of rotatable bonds is 10. The van der Waals surface area contributed by atoms with Crippen LogP contribution in [0.1, 0.15) is 58.3 Å². The van der Waals surface area contributed by atoms with E-state index in [4.69, 9.17) is 14.2 Å². The average Bonchev–Trinajstić information content (AvgIpc) is 2.97. The third-order valence-electron chi connectivity index (χ3n) is 3.94. The van der Waals surface area contributed by atoms with Crippen LogP contribution in [0.4, 0.5) is 4.79 Å². The van der Waals surface area contributed by atoms with Crippen molar-refractivity contribution >= 4 is 12.1 Å². The molecule has 6 nitrogen and oxygen atoms in total. The molecule has 1 aliphatic carbocycles. The smallest absolute Gasteiger partial charge is 0.408 e. The van der Waals surface area contributed by atoms with Gasteiger partial charge in [-0.05, 0) is 19.3 Å². The van der Waals surface area contributed by atoms with Gasteiger partial charge in [-0.1, -0.05) is 39.0 Å². The zero-order valence-electron chi connectivity index (χ0n) is 13.8. The maximum atomic E-state index is 12.3. The fourth-order valence-electron chi connectivity index (χ4n) is 2.64. The monoisotopic (exact) mass is 315 g/mol. The lowest BCUT2D eigenvalue weighted by molar-refractivity contribution is -0.151. The summed E-state index contributed by atoms with van der Waals surface area (Å²) in [4.78, 5) is 24.2. The summed E-state index contributed by atoms with van der Waals surface area (Å²) in [5.41, 5.74) is -0.908. The number of carbonyl (C=O) groups is 2. The molecule has 1 rings (SSSR count). The summed E-state index contributed by atoms with van der Waals surface area (Å²) in [6.07, 6.45) is 6.67. The van der Waals surface area contributed by atoms with E-state index in [0.29, 0.717) is 26.1 Å². The van der Waals surface area contributed by atoms with Crippen molar-refractivity contribution in [1.29, 1.82) is 0 Å². The van der Waals surface area contributed by atoms with Crippen LogP contribution in [0, 0.1) is 0 Å². The predicted molar refractivity (Wildman–Crippen MR) is 82.7 cm³/mol. The molecule has 0 aromatic rings. The Balaban J connectivity index is 2.41. The molecule has 0 aromatic carbocycles. The van der Waals surface area contributed by atoms with Crippen molar-refractivity contribution in [3.63, 3.8) is 0 Å². The summed E-state index contributed by atoms with van der Waals surface area (Å²) in [6, 6.07) is 0. The highest BCUT2D eigenvalue weighted by atomic mass is 16.6. The number of nitrogens with one attached hydrogen (secondary N) is 1. The molecule has 0 atom stereocenters. The molecular weight excluding hydrogens is 286 g/mol. The van der Waals surface area contributed by atoms with Gasteiger partial charge in [0.25, 0.3) is 0 Å². The molecule has 1 aliphatic rings. The van der Waals surface area contributed by atoms with Crippen LogP contribution in [0.15, 0.2) is 0 Å². The summed E-state index contributed by atoms with van der Waals surface area (Å²) in [5, 5.41) is 2.71. The number of unbranched alkanes of at least 4 members (excludes halogenated alkanes) is 3. The van der Waals surface area contributed by atoms with E-state index < -0.39 is 11.6 Å². The fraction of sp³-hybridized carbons (Fsp3) is 0.875. The molecule has 1 saturated carbocycles. The molecule has 0 spiro atoms. The van der Waals surface area contributed by atoms with Crippen molar-refractivity contribution in [1.82, 2.24) is 5.32 Å². The Morgan fingerprint density at radius 2 is 1.73 bits per heavy atom. The molecule has 0 radical (unpaired) electrons. The second-order valence-corrected chi connectivity index (χ2v) is 5.74. The molecular formula is C16H29NO5. The first kappa shape index (κ1) is 18.7. The molecule has 0 unspecified atom stereocenters. The molecule has 22 heavy (non-hydrogen) atoms. The number of esters is 1. The number of amides is 1. The van der Waals surface area contributed by atoms with Crippen molar-refractivity contribution in [3.05, 3.63) is 0 Å². The van der Waals surface area contributed by atoms with Gasteiger partial charge < -0.3 is 19.5 Å². The normalized spacial score (nSPS) is 16.3. The van der Waals surface area contributed by atoms with Gasteiger partial charge in [-0.25, -0.2) is 9.59 Å². The Bertz CT molecular complexity index is 339. The Kier molecular flexibility index (Phi) is 8.89. The van der Waals surface area contributed by atoms with E-state index in [2.05, 4.69) is 12.2 Å². The van der Waals surface area contributed by atoms with Crippen molar-refractivity contribution in [2.45, 2.75) is 63.8 Å². The molecule has 1 fully saturated rings. The third-order valence-corrected chi connectivity index (χ3v) is 3.94. The Morgan fingerprint density at radius 3 is 2.36 bits per heavy atom. The average molecular weight is 315 g/mol. The van der Waals surface area contributed by atoms with Crippen LogP contribution in [-0.2, 0) is 19.0 Å². The quantitative estimate of drug-likeness (QED) is 0.495. The lowest BCUT2D eigenvalue weighted by Crippen LogP contribution is -2.53. The topological polar surface area (TPSA) is 73.9 Å². The van der Waals surface area contributed by atoms with E-state index in [9.17, 15) is 9.59 Å². The van der Waals surface area contributed by atoms with Crippen molar-refractivity contribution < 1.29 is 23.8 Å². The fourth-order valence-corrected chi connectivity index (χ4v) is 2.64. The maximum Gasteiger partial charge on any atom is 0.408 e. The molecule has 1 amide bonds. The SMILES string of the molecule is CCCCCCOC(=O)C1(NC(=O)OCCOC)CCCC1. The summed E-state index contributed by atoms with van der Waals surface area (Å²) in [6.45, 7) is 3.06. The maximum absolute atomic E-state index is 12.3. The summed E-state index contributed by atoms with van der Waals surface area (Å²) >= 11 is 0. The van der Waals surface area contributed by atoms with Crippen molar-refractivity contribution in [2.24, 2.45) is 0 Å². The van der Waals surface area contributed by atoms with Crippen LogP contribution in [0.3, 0.4) is 0 Å². The first-order valence-corrected chi connectivity index (χ1v) is 8.25. The molecule has 128 valence electrons. The predicted octanol–water partition coefficient (Wildman–Crippen LogP) is 2.80. The van der Waals surface area contributed by atoms with Gasteiger partial charge in [-0.15, -0.1) is 0 Å². The largest absolute Gasteiger partial charge is 0.464 e. The highest BCUT2D eigenvalue weighted by Crippen LogP contribution is 2.31. The van der Waals surface area contributed by atoms with Crippen LogP contribution >= 0.6 is 0 Å². The van der Waals surface area contributed by atoms with Gasteiger partial charge in [-0.2, -0.15) is 0 Å². The molecule has 0 aliphatic heterocycles. The lowest BCUT2D eigenvalue weighted by Gasteiger charge is -2.27. The van der Waals surface area contributed by atoms with E-state index in [1.807, 2.05) is 0 Å². The van der Waals surface area contributed by atoms with Gasteiger partial charge in [0.1, 0.15) is 12.1 Å². The Labute approximate surface area is 132 Å². The summed E-state index contributed by atoms with van der Waals surface area (Å²) < 4.78 is 15.2. The van der Waals surface area contributed by atoms with Gasteiger partial charge in [0.2, 0.25) is 0 Å². The zero-order valence-corrected chi connectivity index (χ0v) is 13.8. The van der Waals surface area contributed by atoms with E-state index in [1.165, 1.54) is 7.11 Å². The van der Waals surface area contributed by atoms with Gasteiger partial charge >= 0.3 is 12.1 Å². The third kappa shape index (κ3) is 6.22. The molecule has 0 bridgehead atoms. The van der Waals surface area contributed by atoms with Crippen LogP contribution in [0.2, 0.25) is 0 Å². The number of hydrogen-bond donors (Lipinski definition) is 1. The highest BCUT2D eigenvalue weighted by molar-refractivity contribution is 5.86. The van der Waals surface area contributed by atoms with Crippen LogP contribution in [0.5, 0.6) is 0 Å². The number of ether oxygens (including phenoxy) is 3. The number of alkyl carbamates (subject to hydrolysis) is 1. The second kappa shape index (κ2) is 10.4. The minimum atomic E-state index is -0.908. The van der Waals surface area contributed by atoms with Gasteiger partial charge in [0, 0.05) is 7.11 Å². The minimum Gasteiger partial charge on any atom is -0.464 e. The van der Waals surface area contributed by atoms with E-state index in [0.717, 1.165) is 38.5 Å². The lowest BCUT2D eigenvalue weighted by atomic mass is 9.98. The first-order valence-electron chi connectivity index (χ1n) is 8.25. The Hall–Kier alpha value is -1.30. The van der Waals surface area contributed by atoms with E-state index in [1.54, 1.807) is 0 Å². The number of hydrogen-bond acceptors (Lipinski definition) is 5. The standard InChI is InChI=1S/C16H29NO5/c1-3-4-5-8-11-21-14(18)16(9-6-7-10-16)17-15(19)22-13-12-20-2/h3-13H2,1-2H3,(H,17,19). The van der Waals surface area contributed by atoms with Gasteiger partial charge in [0.05, 0.1) is 13.2 Å². The minimum absolute atomic E-state index is 0.171. The van der Waals surface area contributed by atoms with Crippen molar-refractivity contribution in [2.75, 3.05) is 26.9 Å². The Morgan fingerprint density at radius 1 is 1.00 bits per heavy atom. The van der Waals surface area contributed by atoms with Crippen LogP contribution < -0.4 is 5.32 Å². The molecule has 0 aromatic heterocycles. The molecule has 6 heteroatoms. The zero-order chi connectivity index (χ0) is 16.3. The van der Waals surface area contributed by atoms with Gasteiger partial charge in [0.15, 0.2) is 0 Å². The van der Waals surface area contributed by atoms with E-state index >= 15 is 0 Å². The number of methoxy groups -OCH3 is 1. The van der Waals surface area contributed by atoms with Crippen molar-refractivity contribution in [3.8, 4) is 0 Å². The van der Waals surface area contributed by atoms with Crippen LogP contribution in [-0.4, -0.2) is 44.5 Å². The first-order chi connectivity index (χ1) is 10.6. The number of carbonyl (C=O) groups excluding carboxylic acids is 2. The highest BCUT2D eigenvalue weighted by Gasteiger charge is 2.44. The summed E-state index contributed by atoms with van der Waals surface area (Å²) in [7, 11) is 1.54. The second-order valence-electron chi connectivity index (χ2n) is 5.74. The van der Waals surface area contributed by atoms with Gasteiger partial charge in [-0.3, -0.25) is 0 Å².